The zero-order chi connectivity index (χ0) is 19.3. The van der Waals surface area contributed by atoms with Gasteiger partial charge in [-0.05, 0) is 51.7 Å². The summed E-state index contributed by atoms with van der Waals surface area (Å²) >= 11 is 0. The van der Waals surface area contributed by atoms with E-state index in [2.05, 4.69) is 11.4 Å². The standard InChI is InChI=1S/C22H27NO3/c1-14(2)10-9-11-15(3)18-21(25)19(16(4)20(24)22(18)26-5)23-17-12-7-6-8-13-17/h6-8,10,12-13,15,23H,9,11H2,1-5H3. The molecule has 4 heteroatoms. The molecular weight excluding hydrogens is 326 g/mol. The number of Topliss-reactive ketones (excluding diaryl/α,β-unsaturated/α-hetero) is 2. The first kappa shape index (κ1) is 19.7. The normalized spacial score (nSPS) is 15.9. The van der Waals surface area contributed by atoms with E-state index in [0.717, 1.165) is 18.5 Å². The van der Waals surface area contributed by atoms with Crippen molar-refractivity contribution in [3.8, 4) is 0 Å². The number of carbonyl (C=O) groups is 2. The van der Waals surface area contributed by atoms with E-state index in [0.29, 0.717) is 16.8 Å². The van der Waals surface area contributed by atoms with Crippen LogP contribution >= 0.6 is 0 Å². The fraction of sp³-hybridized carbons (Fsp3) is 0.364. The number of nitrogens with one attached hydrogen (secondary N) is 1. The summed E-state index contributed by atoms with van der Waals surface area (Å²) in [6, 6.07) is 9.40. The topological polar surface area (TPSA) is 55.4 Å². The number of ketones is 2. The first-order valence-electron chi connectivity index (χ1n) is 8.90. The highest BCUT2D eigenvalue weighted by Gasteiger charge is 2.36. The van der Waals surface area contributed by atoms with Gasteiger partial charge in [-0.2, -0.15) is 0 Å². The highest BCUT2D eigenvalue weighted by Crippen LogP contribution is 2.32. The minimum Gasteiger partial charge on any atom is -0.492 e. The molecule has 1 aromatic rings. The number of methoxy groups -OCH3 is 1. The van der Waals surface area contributed by atoms with Crippen molar-refractivity contribution in [2.75, 3.05) is 12.4 Å². The quantitative estimate of drug-likeness (QED) is 0.565. The van der Waals surface area contributed by atoms with Crippen LogP contribution in [0, 0.1) is 5.92 Å². The lowest BCUT2D eigenvalue weighted by Crippen LogP contribution is -2.30. The summed E-state index contributed by atoms with van der Waals surface area (Å²) in [5.74, 6) is -0.282. The molecule has 0 saturated heterocycles. The van der Waals surface area contributed by atoms with Crippen molar-refractivity contribution >= 4 is 17.3 Å². The van der Waals surface area contributed by atoms with Gasteiger partial charge in [0.25, 0.3) is 0 Å². The third-order valence-corrected chi connectivity index (χ3v) is 4.53. The van der Waals surface area contributed by atoms with Crippen molar-refractivity contribution in [3.63, 3.8) is 0 Å². The van der Waals surface area contributed by atoms with Crippen LogP contribution in [0.25, 0.3) is 0 Å². The van der Waals surface area contributed by atoms with Gasteiger partial charge < -0.3 is 10.1 Å². The fourth-order valence-electron chi connectivity index (χ4n) is 3.05. The summed E-state index contributed by atoms with van der Waals surface area (Å²) in [5, 5.41) is 3.12. The molecule has 0 bridgehead atoms. The van der Waals surface area contributed by atoms with Crippen molar-refractivity contribution in [1.82, 2.24) is 0 Å². The van der Waals surface area contributed by atoms with Gasteiger partial charge >= 0.3 is 0 Å². The van der Waals surface area contributed by atoms with Gasteiger partial charge in [0, 0.05) is 11.3 Å². The van der Waals surface area contributed by atoms with Crippen LogP contribution in [0.1, 0.15) is 40.5 Å². The molecule has 1 aromatic carbocycles. The van der Waals surface area contributed by atoms with Crippen LogP contribution in [0.5, 0.6) is 0 Å². The summed E-state index contributed by atoms with van der Waals surface area (Å²) in [6.45, 7) is 7.73. The molecule has 26 heavy (non-hydrogen) atoms. The van der Waals surface area contributed by atoms with Crippen molar-refractivity contribution in [1.29, 1.82) is 0 Å². The summed E-state index contributed by atoms with van der Waals surface area (Å²) in [6.07, 6.45) is 3.78. The zero-order valence-corrected chi connectivity index (χ0v) is 16.2. The number of benzene rings is 1. The van der Waals surface area contributed by atoms with Crippen LogP contribution in [0.4, 0.5) is 5.69 Å². The molecule has 0 aromatic heterocycles. The lowest BCUT2D eigenvalue weighted by atomic mass is 9.83. The van der Waals surface area contributed by atoms with Crippen LogP contribution in [-0.2, 0) is 14.3 Å². The van der Waals surface area contributed by atoms with Gasteiger partial charge in [0.05, 0.1) is 18.4 Å². The predicted molar refractivity (Wildman–Crippen MR) is 105 cm³/mol. The Bertz CT molecular complexity index is 781. The van der Waals surface area contributed by atoms with Crippen molar-refractivity contribution in [3.05, 3.63) is 64.6 Å². The smallest absolute Gasteiger partial charge is 0.225 e. The van der Waals surface area contributed by atoms with Crippen LogP contribution in [0.2, 0.25) is 0 Å². The van der Waals surface area contributed by atoms with Crippen molar-refractivity contribution < 1.29 is 14.3 Å². The number of rotatable bonds is 7. The second-order valence-corrected chi connectivity index (χ2v) is 6.86. The largest absolute Gasteiger partial charge is 0.492 e. The molecule has 4 nitrogen and oxygen atoms in total. The van der Waals surface area contributed by atoms with Gasteiger partial charge in [-0.25, -0.2) is 0 Å². The van der Waals surface area contributed by atoms with Gasteiger partial charge in [0.2, 0.25) is 11.6 Å². The predicted octanol–water partition coefficient (Wildman–Crippen LogP) is 4.81. The van der Waals surface area contributed by atoms with Gasteiger partial charge in [0.1, 0.15) is 0 Å². The Kier molecular flexibility index (Phi) is 6.56. The molecule has 0 fully saturated rings. The summed E-state index contributed by atoms with van der Waals surface area (Å²) in [4.78, 5) is 25.9. The van der Waals surface area contributed by atoms with Crippen LogP contribution < -0.4 is 5.32 Å². The van der Waals surface area contributed by atoms with E-state index in [1.807, 2.05) is 51.1 Å². The van der Waals surface area contributed by atoms with E-state index >= 15 is 0 Å². The Labute approximate surface area is 155 Å². The first-order chi connectivity index (χ1) is 12.4. The zero-order valence-electron chi connectivity index (χ0n) is 16.2. The molecule has 0 saturated carbocycles. The maximum absolute atomic E-state index is 13.2. The Balaban J connectivity index is 2.34. The van der Waals surface area contributed by atoms with Crippen LogP contribution in [0.15, 0.2) is 64.6 Å². The summed E-state index contributed by atoms with van der Waals surface area (Å²) < 4.78 is 5.34. The molecule has 0 spiro atoms. The Morgan fingerprint density at radius 2 is 1.81 bits per heavy atom. The Hall–Kier alpha value is -2.62. The number of para-hydroxylation sites is 1. The Morgan fingerprint density at radius 3 is 2.38 bits per heavy atom. The molecule has 0 amide bonds. The molecule has 1 N–H and O–H groups in total. The minimum absolute atomic E-state index is 0.0716. The van der Waals surface area contributed by atoms with Gasteiger partial charge in [-0.3, -0.25) is 9.59 Å². The number of hydrogen-bond donors (Lipinski definition) is 1. The molecule has 2 rings (SSSR count). The molecule has 0 heterocycles. The Morgan fingerprint density at radius 1 is 1.15 bits per heavy atom. The molecule has 1 atom stereocenters. The van der Waals surface area contributed by atoms with E-state index in [9.17, 15) is 9.59 Å². The van der Waals surface area contributed by atoms with Crippen molar-refractivity contribution in [2.45, 2.75) is 40.5 Å². The number of ether oxygens (including phenoxy) is 1. The number of carbonyl (C=O) groups excluding carboxylic acids is 2. The number of anilines is 1. The first-order valence-corrected chi connectivity index (χ1v) is 8.90. The van der Waals surface area contributed by atoms with Crippen LogP contribution in [0.3, 0.4) is 0 Å². The average molecular weight is 353 g/mol. The lowest BCUT2D eigenvalue weighted by molar-refractivity contribution is -0.119. The van der Waals surface area contributed by atoms with Gasteiger partial charge in [0.15, 0.2) is 5.76 Å². The van der Waals surface area contributed by atoms with E-state index in [1.165, 1.54) is 12.7 Å². The maximum atomic E-state index is 13.2. The molecular formula is C22H27NO3. The van der Waals surface area contributed by atoms with Crippen molar-refractivity contribution in [2.24, 2.45) is 5.92 Å². The molecule has 138 valence electrons. The lowest BCUT2D eigenvalue weighted by Gasteiger charge is -2.25. The molecule has 0 aliphatic heterocycles. The molecule has 1 aliphatic rings. The van der Waals surface area contributed by atoms with E-state index in [-0.39, 0.29) is 23.2 Å². The van der Waals surface area contributed by atoms with Gasteiger partial charge in [-0.15, -0.1) is 0 Å². The highest BCUT2D eigenvalue weighted by molar-refractivity contribution is 6.25. The average Bonchev–Trinajstić information content (AvgIpc) is 2.62. The minimum atomic E-state index is -0.227. The van der Waals surface area contributed by atoms with E-state index in [1.54, 1.807) is 6.92 Å². The number of allylic oxidation sites excluding steroid dienone is 4. The number of hydrogen-bond acceptors (Lipinski definition) is 4. The molecule has 1 unspecified atom stereocenters. The third-order valence-electron chi connectivity index (χ3n) is 4.53. The molecule has 0 radical (unpaired) electrons. The van der Waals surface area contributed by atoms with Crippen LogP contribution in [-0.4, -0.2) is 18.7 Å². The SMILES string of the molecule is COC1=C(C(C)CCC=C(C)C)C(=O)C(Nc2ccccc2)=C(C)C1=O. The molecule has 1 aliphatic carbocycles. The summed E-state index contributed by atoms with van der Waals surface area (Å²) in [5.41, 5.74) is 3.21. The van der Waals surface area contributed by atoms with E-state index in [4.69, 9.17) is 4.74 Å². The highest BCUT2D eigenvalue weighted by atomic mass is 16.5. The van der Waals surface area contributed by atoms with E-state index < -0.39 is 0 Å². The second kappa shape index (κ2) is 8.65. The summed E-state index contributed by atoms with van der Waals surface area (Å²) in [7, 11) is 1.45. The second-order valence-electron chi connectivity index (χ2n) is 6.86. The monoisotopic (exact) mass is 353 g/mol. The fourth-order valence-corrected chi connectivity index (χ4v) is 3.05. The third kappa shape index (κ3) is 4.31. The van der Waals surface area contributed by atoms with Gasteiger partial charge in [-0.1, -0.05) is 36.8 Å². The maximum Gasteiger partial charge on any atom is 0.225 e.